The van der Waals surface area contributed by atoms with Gasteiger partial charge in [0, 0.05) is 45.7 Å². The fourth-order valence-corrected chi connectivity index (χ4v) is 3.19. The van der Waals surface area contributed by atoms with E-state index in [2.05, 4.69) is 24.2 Å². The summed E-state index contributed by atoms with van der Waals surface area (Å²) in [5, 5.41) is 8.18. The summed E-state index contributed by atoms with van der Waals surface area (Å²) in [6, 6.07) is 4.04. The van der Waals surface area contributed by atoms with E-state index in [0.29, 0.717) is 13.1 Å². The highest BCUT2D eigenvalue weighted by Gasteiger charge is 2.38. The molecule has 0 bridgehead atoms. The maximum absolute atomic E-state index is 12.9. The van der Waals surface area contributed by atoms with Gasteiger partial charge in [0.15, 0.2) is 0 Å². The predicted molar refractivity (Wildman–Crippen MR) is 85.3 cm³/mol. The molecular weight excluding hydrogens is 294 g/mol. The molecule has 7 nitrogen and oxygen atoms in total. The number of hydrogen-bond acceptors (Lipinski definition) is 4. The van der Waals surface area contributed by atoms with Gasteiger partial charge in [-0.15, -0.1) is 5.10 Å². The van der Waals surface area contributed by atoms with Crippen LogP contribution >= 0.6 is 0 Å². The van der Waals surface area contributed by atoms with E-state index in [-0.39, 0.29) is 24.0 Å². The topological polar surface area (TPSA) is 65.2 Å². The minimum absolute atomic E-state index is 0.0390. The zero-order valence-corrected chi connectivity index (χ0v) is 14.0. The number of hydrogen-bond donors (Lipinski definition) is 0. The summed E-state index contributed by atoms with van der Waals surface area (Å²) in [5.74, 6) is 0.0947. The molecule has 3 rings (SSSR count). The first-order valence-electron chi connectivity index (χ1n) is 7.86. The second kappa shape index (κ2) is 6.16. The van der Waals surface area contributed by atoms with E-state index in [4.69, 9.17) is 4.74 Å². The highest BCUT2D eigenvalue weighted by molar-refractivity contribution is 5.93. The number of amides is 1. The third-order valence-corrected chi connectivity index (χ3v) is 4.41. The molecule has 7 heteroatoms. The van der Waals surface area contributed by atoms with Crippen molar-refractivity contribution in [2.45, 2.75) is 31.9 Å². The Bertz CT molecular complexity index is 690. The summed E-state index contributed by atoms with van der Waals surface area (Å²) in [5.41, 5.74) is 1.59. The zero-order valence-electron chi connectivity index (χ0n) is 14.0. The van der Waals surface area contributed by atoms with Crippen LogP contribution in [0.1, 0.15) is 42.0 Å². The van der Waals surface area contributed by atoms with E-state index in [9.17, 15) is 4.79 Å². The average molecular weight is 317 g/mol. The molecule has 0 radical (unpaired) electrons. The van der Waals surface area contributed by atoms with Crippen molar-refractivity contribution in [2.24, 2.45) is 7.05 Å². The minimum atomic E-state index is -0.0573. The van der Waals surface area contributed by atoms with E-state index in [0.717, 1.165) is 11.4 Å². The average Bonchev–Trinajstić information content (AvgIpc) is 3.24. The largest absolute Gasteiger partial charge is 0.379 e. The molecular formula is C16H23N5O2. The number of carbonyl (C=O) groups excluding carboxylic acids is 1. The maximum atomic E-state index is 12.9. The lowest BCUT2D eigenvalue weighted by molar-refractivity contribution is 0.0704. The van der Waals surface area contributed by atoms with Gasteiger partial charge >= 0.3 is 0 Å². The van der Waals surface area contributed by atoms with E-state index >= 15 is 0 Å². The number of ether oxygens (including phenoxy) is 1. The molecule has 1 amide bonds. The highest BCUT2D eigenvalue weighted by atomic mass is 16.5. The third-order valence-electron chi connectivity index (χ3n) is 4.41. The Morgan fingerprint density at radius 1 is 1.39 bits per heavy atom. The van der Waals surface area contributed by atoms with Gasteiger partial charge < -0.3 is 14.2 Å². The van der Waals surface area contributed by atoms with Gasteiger partial charge in [-0.3, -0.25) is 9.48 Å². The minimum Gasteiger partial charge on any atom is -0.379 e. The van der Waals surface area contributed by atoms with Crippen molar-refractivity contribution in [1.82, 2.24) is 24.5 Å². The highest BCUT2D eigenvalue weighted by Crippen LogP contribution is 2.29. The lowest BCUT2D eigenvalue weighted by Crippen LogP contribution is -2.31. The molecule has 0 N–H and O–H groups in total. The van der Waals surface area contributed by atoms with Gasteiger partial charge in [0.25, 0.3) is 5.91 Å². The second-order valence-corrected chi connectivity index (χ2v) is 6.30. The van der Waals surface area contributed by atoms with Crippen molar-refractivity contribution in [3.63, 3.8) is 0 Å². The van der Waals surface area contributed by atoms with E-state index in [1.807, 2.05) is 41.0 Å². The van der Waals surface area contributed by atoms with Crippen molar-refractivity contribution in [2.75, 3.05) is 20.2 Å². The molecule has 1 fully saturated rings. The summed E-state index contributed by atoms with van der Waals surface area (Å²) in [6.07, 6.45) is 3.78. The van der Waals surface area contributed by atoms with Crippen LogP contribution in [-0.4, -0.2) is 56.7 Å². The van der Waals surface area contributed by atoms with Crippen LogP contribution in [0.2, 0.25) is 0 Å². The predicted octanol–water partition coefficient (Wildman–Crippen LogP) is 1.45. The molecule has 0 aromatic carbocycles. The Morgan fingerprint density at radius 2 is 2.17 bits per heavy atom. The van der Waals surface area contributed by atoms with E-state index < -0.39 is 0 Å². The van der Waals surface area contributed by atoms with Crippen molar-refractivity contribution in [3.8, 4) is 0 Å². The summed E-state index contributed by atoms with van der Waals surface area (Å²) in [4.78, 5) is 14.7. The number of aromatic nitrogens is 4. The molecule has 0 unspecified atom stereocenters. The van der Waals surface area contributed by atoms with Crippen molar-refractivity contribution >= 4 is 5.91 Å². The Morgan fingerprint density at radius 3 is 2.78 bits per heavy atom. The van der Waals surface area contributed by atoms with Gasteiger partial charge in [-0.2, -0.15) is 0 Å². The summed E-state index contributed by atoms with van der Waals surface area (Å²) in [6.45, 7) is 5.31. The Kier molecular flexibility index (Phi) is 4.21. The van der Waals surface area contributed by atoms with Gasteiger partial charge in [0.1, 0.15) is 5.69 Å². The molecule has 2 aromatic heterocycles. The number of carbonyl (C=O) groups is 1. The fraction of sp³-hybridized carbons (Fsp3) is 0.562. The number of methoxy groups -OCH3 is 1. The van der Waals surface area contributed by atoms with Gasteiger partial charge in [0.2, 0.25) is 0 Å². The standard InChI is InChI=1S/C16H23N5O2/c1-11(2)21-7-5-6-14(21)16(22)20-8-12(15(10-20)23-4)13-9-19(3)18-17-13/h5-7,9,11-12,15H,8,10H2,1-4H3/t12-,15+/m0/s1. The van der Waals surface area contributed by atoms with Crippen LogP contribution in [0.25, 0.3) is 0 Å². The van der Waals surface area contributed by atoms with Gasteiger partial charge in [-0.25, -0.2) is 0 Å². The van der Waals surface area contributed by atoms with Gasteiger partial charge in [0.05, 0.1) is 17.7 Å². The molecule has 23 heavy (non-hydrogen) atoms. The van der Waals surface area contributed by atoms with Crippen LogP contribution in [0.5, 0.6) is 0 Å². The maximum Gasteiger partial charge on any atom is 0.270 e. The Balaban J connectivity index is 1.81. The number of nitrogens with zero attached hydrogens (tertiary/aromatic N) is 5. The lowest BCUT2D eigenvalue weighted by atomic mass is 10.0. The van der Waals surface area contributed by atoms with Crippen molar-refractivity contribution in [3.05, 3.63) is 35.9 Å². The Labute approximate surface area is 135 Å². The fourth-order valence-electron chi connectivity index (χ4n) is 3.19. The molecule has 2 aromatic rings. The van der Waals surface area contributed by atoms with Crippen LogP contribution in [-0.2, 0) is 11.8 Å². The summed E-state index contributed by atoms with van der Waals surface area (Å²) < 4.78 is 9.26. The quantitative estimate of drug-likeness (QED) is 0.856. The monoisotopic (exact) mass is 317 g/mol. The molecule has 1 aliphatic rings. The molecule has 1 saturated heterocycles. The van der Waals surface area contributed by atoms with Gasteiger partial charge in [-0.1, -0.05) is 5.21 Å². The van der Waals surface area contributed by atoms with Crippen molar-refractivity contribution in [1.29, 1.82) is 0 Å². The van der Waals surface area contributed by atoms with Crippen LogP contribution in [0.4, 0.5) is 0 Å². The molecule has 2 atom stereocenters. The van der Waals surface area contributed by atoms with Crippen LogP contribution < -0.4 is 0 Å². The first kappa shape index (κ1) is 15.7. The normalized spacial score (nSPS) is 21.3. The summed E-state index contributed by atoms with van der Waals surface area (Å²) in [7, 11) is 3.52. The first-order chi connectivity index (χ1) is 11.0. The molecule has 1 aliphatic heterocycles. The molecule has 124 valence electrons. The number of likely N-dealkylation sites (tertiary alicyclic amines) is 1. The Hall–Kier alpha value is -2.15. The van der Waals surface area contributed by atoms with E-state index in [1.54, 1.807) is 11.8 Å². The lowest BCUT2D eigenvalue weighted by Gasteiger charge is -2.19. The SMILES string of the molecule is CO[C@@H]1CN(C(=O)c2cccn2C(C)C)C[C@H]1c1cn(C)nn1. The molecule has 3 heterocycles. The summed E-state index contributed by atoms with van der Waals surface area (Å²) >= 11 is 0. The van der Waals surface area contributed by atoms with Crippen LogP contribution in [0, 0.1) is 0 Å². The van der Waals surface area contributed by atoms with Gasteiger partial charge in [-0.05, 0) is 26.0 Å². The second-order valence-electron chi connectivity index (χ2n) is 6.30. The number of rotatable bonds is 4. The third kappa shape index (κ3) is 2.88. The zero-order chi connectivity index (χ0) is 16.6. The molecule has 0 spiro atoms. The molecule has 0 saturated carbocycles. The molecule has 0 aliphatic carbocycles. The van der Waals surface area contributed by atoms with E-state index in [1.165, 1.54) is 0 Å². The van der Waals surface area contributed by atoms with Crippen LogP contribution in [0.15, 0.2) is 24.5 Å². The smallest absolute Gasteiger partial charge is 0.270 e. The first-order valence-corrected chi connectivity index (χ1v) is 7.86. The van der Waals surface area contributed by atoms with Crippen LogP contribution in [0.3, 0.4) is 0 Å². The van der Waals surface area contributed by atoms with Crippen molar-refractivity contribution < 1.29 is 9.53 Å². The number of aryl methyl sites for hydroxylation is 1.